The van der Waals surface area contributed by atoms with Gasteiger partial charge in [-0.15, -0.1) is 0 Å². The van der Waals surface area contributed by atoms with E-state index in [1.807, 2.05) is 17.0 Å². The van der Waals surface area contributed by atoms with Gasteiger partial charge in [0.2, 0.25) is 0 Å². The molecule has 3 saturated heterocycles. The number of nitriles is 1. The van der Waals surface area contributed by atoms with Gasteiger partial charge in [0.05, 0.1) is 23.3 Å². The minimum atomic E-state index is 0.312. The first-order valence-corrected chi connectivity index (χ1v) is 14.5. The first kappa shape index (κ1) is 24.7. The van der Waals surface area contributed by atoms with E-state index in [2.05, 4.69) is 52.2 Å². The summed E-state index contributed by atoms with van der Waals surface area (Å²) in [6.07, 6.45) is 6.65. The molecule has 0 spiro atoms. The van der Waals surface area contributed by atoms with Gasteiger partial charge in [-0.05, 0) is 56.8 Å². The molecule has 3 atom stereocenters. The van der Waals surface area contributed by atoms with Gasteiger partial charge >= 0.3 is 6.01 Å². The lowest BCUT2D eigenvalue weighted by Crippen LogP contribution is -2.38. The maximum absolute atomic E-state index is 9.53. The monoisotopic (exact) mass is 543 g/mol. The fourth-order valence-electron chi connectivity index (χ4n) is 7.10. The van der Waals surface area contributed by atoms with Crippen LogP contribution in [-0.2, 0) is 13.0 Å². The maximum atomic E-state index is 9.53. The number of benzene rings is 2. The molecule has 3 fully saturated rings. The van der Waals surface area contributed by atoms with Crippen LogP contribution in [0.2, 0.25) is 5.02 Å². The van der Waals surface area contributed by atoms with Crippen LogP contribution in [0.15, 0.2) is 36.4 Å². The van der Waals surface area contributed by atoms with Crippen LogP contribution in [0.3, 0.4) is 0 Å². The molecular formula is C30H34ClN7O. The Morgan fingerprint density at radius 1 is 1.08 bits per heavy atom. The molecule has 4 aliphatic rings. The Labute approximate surface area is 234 Å². The fraction of sp³-hybridized carbons (Fsp3) is 0.500. The minimum Gasteiger partial charge on any atom is -0.462 e. The lowest BCUT2D eigenvalue weighted by molar-refractivity contribution is 0.187. The number of ether oxygens (including phenoxy) is 1. The van der Waals surface area contributed by atoms with Gasteiger partial charge in [-0.2, -0.15) is 15.2 Å². The predicted molar refractivity (Wildman–Crippen MR) is 153 cm³/mol. The molecule has 0 aliphatic carbocycles. The third-order valence-corrected chi connectivity index (χ3v) is 9.55. The van der Waals surface area contributed by atoms with Gasteiger partial charge in [-0.25, -0.2) is 0 Å². The van der Waals surface area contributed by atoms with Crippen molar-refractivity contribution in [3.05, 3.63) is 52.7 Å². The highest BCUT2D eigenvalue weighted by Crippen LogP contribution is 2.40. The van der Waals surface area contributed by atoms with E-state index in [-0.39, 0.29) is 0 Å². The molecule has 3 aromatic rings. The van der Waals surface area contributed by atoms with E-state index < -0.39 is 0 Å². The number of hydrogen-bond acceptors (Lipinski definition) is 8. The van der Waals surface area contributed by atoms with Crippen LogP contribution in [0.25, 0.3) is 10.8 Å². The molecule has 5 heterocycles. The molecule has 4 aliphatic heterocycles. The molecule has 0 amide bonds. The molecule has 0 N–H and O–H groups in total. The number of likely N-dealkylation sites (tertiary alicyclic amines) is 2. The summed E-state index contributed by atoms with van der Waals surface area (Å²) in [5, 5.41) is 12.5. The van der Waals surface area contributed by atoms with Crippen molar-refractivity contribution in [3.8, 4) is 12.2 Å². The molecule has 7 rings (SSSR count). The van der Waals surface area contributed by atoms with Crippen molar-refractivity contribution < 1.29 is 4.74 Å². The summed E-state index contributed by atoms with van der Waals surface area (Å²) in [6.45, 7) is 5.84. The second-order valence-electron chi connectivity index (χ2n) is 11.4. The smallest absolute Gasteiger partial charge is 0.318 e. The molecule has 39 heavy (non-hydrogen) atoms. The molecule has 1 unspecified atom stereocenters. The molecule has 0 saturated carbocycles. The third-order valence-electron chi connectivity index (χ3n) is 9.23. The number of hydrogen-bond donors (Lipinski definition) is 0. The highest BCUT2D eigenvalue weighted by Gasteiger charge is 2.43. The molecule has 202 valence electrons. The maximum Gasteiger partial charge on any atom is 0.318 e. The summed E-state index contributed by atoms with van der Waals surface area (Å²) >= 11 is 6.70. The zero-order valence-corrected chi connectivity index (χ0v) is 23.1. The number of rotatable bonds is 5. The van der Waals surface area contributed by atoms with Gasteiger partial charge in [0.15, 0.2) is 6.19 Å². The molecule has 9 heteroatoms. The Morgan fingerprint density at radius 3 is 2.77 bits per heavy atom. The van der Waals surface area contributed by atoms with Gasteiger partial charge in [-0.1, -0.05) is 35.9 Å². The van der Waals surface area contributed by atoms with Gasteiger partial charge in [-0.3, -0.25) is 0 Å². The zero-order valence-electron chi connectivity index (χ0n) is 22.4. The number of halogens is 1. The Bertz CT molecular complexity index is 1440. The lowest BCUT2D eigenvalue weighted by atomic mass is 10.0. The van der Waals surface area contributed by atoms with E-state index >= 15 is 0 Å². The Hall–Kier alpha value is -3.28. The minimum absolute atomic E-state index is 0.312. The summed E-state index contributed by atoms with van der Waals surface area (Å²) in [5.74, 6) is 1.52. The average Bonchev–Trinajstić information content (AvgIpc) is 3.67. The second kappa shape index (κ2) is 10.0. The van der Waals surface area contributed by atoms with Crippen LogP contribution >= 0.6 is 11.6 Å². The Kier molecular flexibility index (Phi) is 6.37. The predicted octanol–water partition coefficient (Wildman–Crippen LogP) is 4.31. The first-order valence-electron chi connectivity index (χ1n) is 14.2. The molecule has 2 aromatic carbocycles. The summed E-state index contributed by atoms with van der Waals surface area (Å²) in [6, 6.07) is 13.7. The summed E-state index contributed by atoms with van der Waals surface area (Å²) < 4.78 is 6.32. The first-order chi connectivity index (χ1) is 19.1. The average molecular weight is 544 g/mol. The zero-order chi connectivity index (χ0) is 26.5. The highest BCUT2D eigenvalue weighted by atomic mass is 35.5. The SMILES string of the molecule is CN1CCCC1COc1nc2c(c(N3CC[C@@H]4CN(C#N)C[C@@H]43)n1)CCN(c1cccc3cccc(Cl)c13)C2. The van der Waals surface area contributed by atoms with Gasteiger partial charge < -0.3 is 24.3 Å². The third kappa shape index (κ3) is 4.42. The Morgan fingerprint density at radius 2 is 1.95 bits per heavy atom. The van der Waals surface area contributed by atoms with E-state index in [9.17, 15) is 5.26 Å². The number of nitrogens with zero attached hydrogens (tertiary/aromatic N) is 7. The van der Waals surface area contributed by atoms with Crippen LogP contribution in [0, 0.1) is 17.4 Å². The molecule has 1 aromatic heterocycles. The molecule has 0 bridgehead atoms. The van der Waals surface area contributed by atoms with E-state index in [1.165, 1.54) is 12.0 Å². The van der Waals surface area contributed by atoms with E-state index in [0.29, 0.717) is 37.2 Å². The standard InChI is InChI=1S/C30H34ClN7O/c1-35-12-4-7-22(35)18-39-30-33-25-16-37(26-9-3-6-20-5-2-8-24(31)28(20)26)13-11-23(25)29(34-30)38-14-10-21-15-36(19-32)17-27(21)38/h2-3,5-6,8-9,21-22,27H,4,7,10-18H2,1H3/t21-,22?,27+/m1/s1. The van der Waals surface area contributed by atoms with Crippen molar-refractivity contribution in [2.24, 2.45) is 5.92 Å². The summed E-state index contributed by atoms with van der Waals surface area (Å²) in [7, 11) is 2.17. The van der Waals surface area contributed by atoms with E-state index in [0.717, 1.165) is 85.0 Å². The van der Waals surface area contributed by atoms with Crippen molar-refractivity contribution >= 4 is 33.9 Å². The quantitative estimate of drug-likeness (QED) is 0.441. The lowest BCUT2D eigenvalue weighted by Gasteiger charge is -2.34. The number of aromatic nitrogens is 2. The summed E-state index contributed by atoms with van der Waals surface area (Å²) in [5.41, 5.74) is 3.39. The molecule has 8 nitrogen and oxygen atoms in total. The fourth-order valence-corrected chi connectivity index (χ4v) is 7.38. The van der Waals surface area contributed by atoms with Crippen LogP contribution in [0.1, 0.15) is 30.5 Å². The topological polar surface area (TPSA) is 71.8 Å². The van der Waals surface area contributed by atoms with Crippen LogP contribution in [0.4, 0.5) is 11.5 Å². The Balaban J connectivity index is 1.24. The molecule has 0 radical (unpaired) electrons. The van der Waals surface area contributed by atoms with Crippen molar-refractivity contribution in [3.63, 3.8) is 0 Å². The van der Waals surface area contributed by atoms with E-state index in [1.54, 1.807) is 0 Å². The molecular weight excluding hydrogens is 510 g/mol. The van der Waals surface area contributed by atoms with Crippen LogP contribution in [-0.4, -0.2) is 78.2 Å². The van der Waals surface area contributed by atoms with Crippen molar-refractivity contribution in [1.29, 1.82) is 5.26 Å². The number of likely N-dealkylation sites (N-methyl/N-ethyl adjacent to an activating group) is 1. The number of anilines is 2. The summed E-state index contributed by atoms with van der Waals surface area (Å²) in [4.78, 5) is 19.2. The van der Waals surface area contributed by atoms with Crippen molar-refractivity contribution in [1.82, 2.24) is 19.8 Å². The highest BCUT2D eigenvalue weighted by molar-refractivity contribution is 6.36. The van der Waals surface area contributed by atoms with Crippen LogP contribution in [0.5, 0.6) is 6.01 Å². The van der Waals surface area contributed by atoms with Gasteiger partial charge in [0.25, 0.3) is 0 Å². The van der Waals surface area contributed by atoms with Gasteiger partial charge in [0, 0.05) is 54.8 Å². The van der Waals surface area contributed by atoms with Gasteiger partial charge in [0.1, 0.15) is 12.4 Å². The largest absolute Gasteiger partial charge is 0.462 e. The van der Waals surface area contributed by atoms with Crippen LogP contribution < -0.4 is 14.5 Å². The van der Waals surface area contributed by atoms with Crippen molar-refractivity contribution in [2.45, 2.75) is 44.3 Å². The van der Waals surface area contributed by atoms with Crippen molar-refractivity contribution in [2.75, 3.05) is 56.2 Å². The van der Waals surface area contributed by atoms with E-state index in [4.69, 9.17) is 26.3 Å². The number of fused-ring (bicyclic) bond motifs is 3. The second-order valence-corrected chi connectivity index (χ2v) is 11.9. The normalized spacial score (nSPS) is 24.7.